The normalized spacial score (nSPS) is 24.9. The molecular formula is C10H18N4O2. The summed E-state index contributed by atoms with van der Waals surface area (Å²) in [5, 5.41) is 14.0. The van der Waals surface area contributed by atoms with E-state index in [9.17, 15) is 0 Å². The Bertz CT molecular complexity index is 328. The minimum absolute atomic E-state index is 0.250. The number of hydrogen-bond acceptors (Lipinski definition) is 6. The van der Waals surface area contributed by atoms with Crippen molar-refractivity contribution in [1.82, 2.24) is 15.5 Å². The van der Waals surface area contributed by atoms with Crippen LogP contribution in [0.2, 0.25) is 0 Å². The molecule has 90 valence electrons. The average molecular weight is 226 g/mol. The second kappa shape index (κ2) is 5.27. The molecule has 16 heavy (non-hydrogen) atoms. The van der Waals surface area contributed by atoms with Crippen LogP contribution in [0.4, 0.5) is 6.01 Å². The van der Waals surface area contributed by atoms with Crippen LogP contribution < -0.4 is 10.6 Å². The lowest BCUT2D eigenvalue weighted by atomic mass is 10.2. The fourth-order valence-electron chi connectivity index (χ4n) is 2.07. The molecule has 1 saturated carbocycles. The molecule has 1 aliphatic carbocycles. The summed E-state index contributed by atoms with van der Waals surface area (Å²) in [6.07, 6.45) is 3.60. The fraction of sp³-hybridized carbons (Fsp3) is 0.800. The largest absolute Gasteiger partial charge is 0.407 e. The summed E-state index contributed by atoms with van der Waals surface area (Å²) in [6, 6.07) is 0.770. The van der Waals surface area contributed by atoms with Gasteiger partial charge in [0.05, 0.1) is 18.7 Å². The molecule has 1 aromatic rings. The van der Waals surface area contributed by atoms with Crippen molar-refractivity contribution in [3.8, 4) is 0 Å². The fourth-order valence-corrected chi connectivity index (χ4v) is 2.07. The lowest BCUT2D eigenvalue weighted by molar-refractivity contribution is 0.100. The quantitative estimate of drug-likeness (QED) is 0.772. The van der Waals surface area contributed by atoms with E-state index >= 15 is 0 Å². The van der Waals surface area contributed by atoms with Gasteiger partial charge in [0.15, 0.2) is 0 Å². The summed E-state index contributed by atoms with van der Waals surface area (Å²) in [5.74, 6) is 0.594. The molecule has 2 rings (SSSR count). The standard InChI is InChI=1S/C10H18N4O2/c1-11-6-9-13-14-10(16-9)12-7-4-3-5-8(7)15-2/h7-8,11H,3-6H2,1-2H3,(H,12,14). The number of hydrogen-bond donors (Lipinski definition) is 2. The van der Waals surface area contributed by atoms with E-state index in [1.807, 2.05) is 7.05 Å². The Labute approximate surface area is 94.8 Å². The number of anilines is 1. The third-order valence-corrected chi connectivity index (χ3v) is 2.86. The third-order valence-electron chi connectivity index (χ3n) is 2.86. The molecule has 2 unspecified atom stereocenters. The molecule has 1 aromatic heterocycles. The molecule has 1 fully saturated rings. The first-order valence-corrected chi connectivity index (χ1v) is 5.60. The number of nitrogens with one attached hydrogen (secondary N) is 2. The van der Waals surface area contributed by atoms with Gasteiger partial charge in [-0.1, -0.05) is 5.10 Å². The van der Waals surface area contributed by atoms with Crippen LogP contribution in [0.1, 0.15) is 25.2 Å². The summed E-state index contributed by atoms with van der Waals surface area (Å²) < 4.78 is 10.8. The maximum atomic E-state index is 5.43. The lowest BCUT2D eigenvalue weighted by Crippen LogP contribution is -2.29. The minimum Gasteiger partial charge on any atom is -0.407 e. The van der Waals surface area contributed by atoms with E-state index in [2.05, 4.69) is 20.8 Å². The molecule has 0 aromatic carbocycles. The highest BCUT2D eigenvalue weighted by atomic mass is 16.5. The Morgan fingerprint density at radius 3 is 3.06 bits per heavy atom. The van der Waals surface area contributed by atoms with Gasteiger partial charge in [0.25, 0.3) is 0 Å². The van der Waals surface area contributed by atoms with Crippen LogP contribution in [0.15, 0.2) is 4.42 Å². The van der Waals surface area contributed by atoms with Gasteiger partial charge in [-0.15, -0.1) is 5.10 Å². The maximum absolute atomic E-state index is 5.43. The van der Waals surface area contributed by atoms with Crippen molar-refractivity contribution in [1.29, 1.82) is 0 Å². The van der Waals surface area contributed by atoms with Gasteiger partial charge < -0.3 is 19.8 Å². The molecule has 6 heteroatoms. The Morgan fingerprint density at radius 2 is 2.31 bits per heavy atom. The van der Waals surface area contributed by atoms with Crippen molar-refractivity contribution >= 4 is 6.01 Å². The van der Waals surface area contributed by atoms with E-state index in [0.717, 1.165) is 12.8 Å². The van der Waals surface area contributed by atoms with Gasteiger partial charge >= 0.3 is 6.01 Å². The van der Waals surface area contributed by atoms with Crippen molar-refractivity contribution < 1.29 is 9.15 Å². The van der Waals surface area contributed by atoms with Crippen molar-refractivity contribution in [2.45, 2.75) is 38.0 Å². The first-order chi connectivity index (χ1) is 7.83. The Balaban J connectivity index is 1.92. The van der Waals surface area contributed by atoms with Gasteiger partial charge in [-0.05, 0) is 26.3 Å². The molecule has 1 aliphatic rings. The van der Waals surface area contributed by atoms with Crippen molar-refractivity contribution in [2.24, 2.45) is 0 Å². The highest BCUT2D eigenvalue weighted by Gasteiger charge is 2.28. The van der Waals surface area contributed by atoms with Crippen LogP contribution in [-0.2, 0) is 11.3 Å². The van der Waals surface area contributed by atoms with E-state index in [4.69, 9.17) is 9.15 Å². The van der Waals surface area contributed by atoms with Gasteiger partial charge in [-0.25, -0.2) is 0 Å². The molecule has 6 nitrogen and oxygen atoms in total. The molecule has 1 heterocycles. The molecule has 0 radical (unpaired) electrons. The second-order valence-electron chi connectivity index (χ2n) is 3.99. The second-order valence-corrected chi connectivity index (χ2v) is 3.99. The van der Waals surface area contributed by atoms with Gasteiger partial charge in [0.1, 0.15) is 0 Å². The first-order valence-electron chi connectivity index (χ1n) is 5.60. The number of aromatic nitrogens is 2. The SMILES string of the molecule is CNCc1nnc(NC2CCCC2OC)o1. The van der Waals surface area contributed by atoms with E-state index in [1.165, 1.54) is 6.42 Å². The molecule has 2 atom stereocenters. The zero-order valence-electron chi connectivity index (χ0n) is 9.69. The van der Waals surface area contributed by atoms with Crippen LogP contribution in [0.5, 0.6) is 0 Å². The number of rotatable bonds is 5. The van der Waals surface area contributed by atoms with Crippen LogP contribution in [0.25, 0.3) is 0 Å². The first kappa shape index (κ1) is 11.3. The highest BCUT2D eigenvalue weighted by Crippen LogP contribution is 2.24. The Hall–Kier alpha value is -1.14. The molecule has 0 saturated heterocycles. The molecular weight excluding hydrogens is 208 g/mol. The van der Waals surface area contributed by atoms with Crippen molar-refractivity contribution in [3.05, 3.63) is 5.89 Å². The topological polar surface area (TPSA) is 72.2 Å². The third kappa shape index (κ3) is 2.51. The zero-order chi connectivity index (χ0) is 11.4. The van der Waals surface area contributed by atoms with Crippen LogP contribution >= 0.6 is 0 Å². The number of nitrogens with zero attached hydrogens (tertiary/aromatic N) is 2. The summed E-state index contributed by atoms with van der Waals surface area (Å²) in [7, 11) is 3.58. The van der Waals surface area contributed by atoms with Crippen LogP contribution in [0, 0.1) is 0 Å². The zero-order valence-corrected chi connectivity index (χ0v) is 9.69. The highest BCUT2D eigenvalue weighted by molar-refractivity contribution is 5.21. The van der Waals surface area contributed by atoms with Crippen LogP contribution in [-0.4, -0.2) is 36.5 Å². The minimum atomic E-state index is 0.250. The lowest BCUT2D eigenvalue weighted by Gasteiger charge is -2.17. The van der Waals surface area contributed by atoms with E-state index < -0.39 is 0 Å². The Morgan fingerprint density at radius 1 is 1.44 bits per heavy atom. The number of methoxy groups -OCH3 is 1. The predicted octanol–water partition coefficient (Wildman–Crippen LogP) is 0.768. The van der Waals surface area contributed by atoms with Gasteiger partial charge in [0.2, 0.25) is 5.89 Å². The smallest absolute Gasteiger partial charge is 0.315 e. The van der Waals surface area contributed by atoms with E-state index in [0.29, 0.717) is 18.5 Å². The van der Waals surface area contributed by atoms with E-state index in [-0.39, 0.29) is 12.1 Å². The van der Waals surface area contributed by atoms with Gasteiger partial charge in [0, 0.05) is 7.11 Å². The summed E-state index contributed by atoms with van der Waals surface area (Å²) in [6.45, 7) is 0.590. The van der Waals surface area contributed by atoms with Crippen LogP contribution in [0.3, 0.4) is 0 Å². The predicted molar refractivity (Wildman–Crippen MR) is 59.1 cm³/mol. The Kier molecular flexibility index (Phi) is 3.74. The summed E-state index contributed by atoms with van der Waals surface area (Å²) in [4.78, 5) is 0. The van der Waals surface area contributed by atoms with E-state index in [1.54, 1.807) is 7.11 Å². The molecule has 0 spiro atoms. The van der Waals surface area contributed by atoms with Crippen molar-refractivity contribution in [2.75, 3.05) is 19.5 Å². The van der Waals surface area contributed by atoms with Gasteiger partial charge in [-0.3, -0.25) is 0 Å². The molecule has 0 bridgehead atoms. The summed E-state index contributed by atoms with van der Waals surface area (Å²) in [5.41, 5.74) is 0. The summed E-state index contributed by atoms with van der Waals surface area (Å²) >= 11 is 0. The molecule has 2 N–H and O–H groups in total. The molecule has 0 amide bonds. The monoisotopic (exact) mass is 226 g/mol. The molecule has 0 aliphatic heterocycles. The number of ether oxygens (including phenoxy) is 1. The maximum Gasteiger partial charge on any atom is 0.315 e. The average Bonchev–Trinajstić information content (AvgIpc) is 2.89. The van der Waals surface area contributed by atoms with Gasteiger partial charge in [-0.2, -0.15) is 0 Å². The van der Waals surface area contributed by atoms with Crippen molar-refractivity contribution in [3.63, 3.8) is 0 Å².